The highest BCUT2D eigenvalue weighted by Gasteiger charge is 2.22. The van der Waals surface area contributed by atoms with Gasteiger partial charge in [-0.3, -0.25) is 9.89 Å². The third-order valence-corrected chi connectivity index (χ3v) is 7.79. The zero-order valence-corrected chi connectivity index (χ0v) is 22.2. The number of hydrogen-bond donors (Lipinski definition) is 0. The number of aliphatic imine (C=N–C) groups is 1. The van der Waals surface area contributed by atoms with Gasteiger partial charge in [0.05, 0.1) is 24.9 Å². The Kier molecular flexibility index (Phi) is 8.09. The van der Waals surface area contributed by atoms with Crippen molar-refractivity contribution < 1.29 is 9.47 Å². The number of fused-ring (bicyclic) bond motifs is 1. The summed E-state index contributed by atoms with van der Waals surface area (Å²) in [7, 11) is 2.10. The highest BCUT2D eigenvalue weighted by molar-refractivity contribution is 6.01. The van der Waals surface area contributed by atoms with Crippen molar-refractivity contribution in [2.45, 2.75) is 26.3 Å². The van der Waals surface area contributed by atoms with E-state index in [2.05, 4.69) is 83.0 Å². The van der Waals surface area contributed by atoms with E-state index < -0.39 is 0 Å². The number of likely N-dealkylation sites (N-methyl/N-ethyl adjacent to an activating group) is 2. The maximum Gasteiger partial charge on any atom is 0.146 e. The van der Waals surface area contributed by atoms with Gasteiger partial charge in [0, 0.05) is 58.5 Å². The summed E-state index contributed by atoms with van der Waals surface area (Å²) in [6.45, 7) is 15.4. The second kappa shape index (κ2) is 11.6. The van der Waals surface area contributed by atoms with Crippen molar-refractivity contribution in [1.29, 1.82) is 0 Å². The molecular formula is C29H41N5O2. The molecular weight excluding hydrogens is 450 g/mol. The first kappa shape index (κ1) is 25.1. The second-order valence-corrected chi connectivity index (χ2v) is 10.1. The number of nitrogens with zero attached hydrogens (tertiary/aromatic N) is 5. The molecule has 3 aliphatic rings. The zero-order valence-electron chi connectivity index (χ0n) is 22.2. The lowest BCUT2D eigenvalue weighted by molar-refractivity contribution is 0.0368. The van der Waals surface area contributed by atoms with Crippen molar-refractivity contribution in [2.24, 2.45) is 4.99 Å². The first-order valence-electron chi connectivity index (χ1n) is 13.6. The van der Waals surface area contributed by atoms with Gasteiger partial charge >= 0.3 is 0 Å². The van der Waals surface area contributed by atoms with Crippen LogP contribution in [0.25, 0.3) is 11.1 Å². The Balaban J connectivity index is 1.21. The van der Waals surface area contributed by atoms with Gasteiger partial charge in [0.1, 0.15) is 18.2 Å². The fraction of sp³-hybridized carbons (Fsp3) is 0.552. The average Bonchev–Trinajstić information content (AvgIpc) is 2.94. The van der Waals surface area contributed by atoms with Crippen molar-refractivity contribution in [2.75, 3.05) is 89.0 Å². The molecule has 0 amide bonds. The van der Waals surface area contributed by atoms with Crippen molar-refractivity contribution in [3.63, 3.8) is 0 Å². The number of anilines is 2. The molecule has 2 fully saturated rings. The van der Waals surface area contributed by atoms with Gasteiger partial charge < -0.3 is 24.2 Å². The van der Waals surface area contributed by atoms with Crippen molar-refractivity contribution in [3.8, 4) is 16.9 Å². The molecule has 36 heavy (non-hydrogen) atoms. The van der Waals surface area contributed by atoms with Crippen molar-refractivity contribution in [1.82, 2.24) is 9.80 Å². The molecule has 0 spiro atoms. The van der Waals surface area contributed by atoms with Crippen LogP contribution in [0.15, 0.2) is 47.5 Å². The number of rotatable bonds is 7. The molecule has 0 radical (unpaired) electrons. The van der Waals surface area contributed by atoms with Gasteiger partial charge in [-0.2, -0.15) is 0 Å². The van der Waals surface area contributed by atoms with E-state index in [0.717, 1.165) is 89.3 Å². The van der Waals surface area contributed by atoms with Gasteiger partial charge in [0.15, 0.2) is 0 Å². The summed E-state index contributed by atoms with van der Waals surface area (Å²) >= 11 is 0. The van der Waals surface area contributed by atoms with Gasteiger partial charge in [-0.1, -0.05) is 25.1 Å². The van der Waals surface area contributed by atoms with E-state index in [4.69, 9.17) is 14.5 Å². The molecule has 0 N–H and O–H groups in total. The molecule has 2 aromatic carbocycles. The molecule has 0 saturated carbocycles. The molecule has 3 heterocycles. The first-order valence-corrected chi connectivity index (χ1v) is 13.6. The van der Waals surface area contributed by atoms with E-state index in [0.29, 0.717) is 6.61 Å². The monoisotopic (exact) mass is 491 g/mol. The molecule has 0 bridgehead atoms. The number of benzene rings is 2. The van der Waals surface area contributed by atoms with Crippen LogP contribution in [0.3, 0.4) is 0 Å². The molecule has 5 rings (SSSR count). The Hall–Kier alpha value is -2.61. The number of piperazine rings is 1. The Morgan fingerprint density at radius 2 is 1.61 bits per heavy atom. The normalized spacial score (nSPS) is 21.4. The molecule has 0 aliphatic carbocycles. The van der Waals surface area contributed by atoms with Crippen LogP contribution in [0.5, 0.6) is 5.75 Å². The molecule has 3 aliphatic heterocycles. The van der Waals surface area contributed by atoms with Gasteiger partial charge in [-0.05, 0) is 55.3 Å². The molecule has 2 aromatic rings. The van der Waals surface area contributed by atoms with Crippen LogP contribution in [0.1, 0.15) is 20.3 Å². The largest absolute Gasteiger partial charge is 0.483 e. The molecule has 7 nitrogen and oxygen atoms in total. The van der Waals surface area contributed by atoms with E-state index in [1.165, 1.54) is 16.8 Å². The second-order valence-electron chi connectivity index (χ2n) is 10.1. The number of hydrogen-bond acceptors (Lipinski definition) is 6. The van der Waals surface area contributed by atoms with E-state index in [1.807, 2.05) is 0 Å². The van der Waals surface area contributed by atoms with Crippen LogP contribution in [-0.2, 0) is 4.74 Å². The number of amidine groups is 1. The lowest BCUT2D eigenvalue weighted by Crippen LogP contribution is -2.46. The Morgan fingerprint density at radius 1 is 0.889 bits per heavy atom. The lowest BCUT2D eigenvalue weighted by Gasteiger charge is -2.35. The van der Waals surface area contributed by atoms with Gasteiger partial charge in [-0.15, -0.1) is 0 Å². The summed E-state index contributed by atoms with van der Waals surface area (Å²) in [6, 6.07) is 15.8. The molecule has 1 atom stereocenters. The van der Waals surface area contributed by atoms with Crippen molar-refractivity contribution >= 4 is 17.2 Å². The van der Waals surface area contributed by atoms with Crippen LogP contribution in [-0.4, -0.2) is 101 Å². The maximum atomic E-state index is 6.19. The van der Waals surface area contributed by atoms with Crippen LogP contribution in [0.4, 0.5) is 11.4 Å². The predicted molar refractivity (Wildman–Crippen MR) is 149 cm³/mol. The third kappa shape index (κ3) is 5.85. The van der Waals surface area contributed by atoms with Crippen LogP contribution < -0.4 is 14.5 Å². The summed E-state index contributed by atoms with van der Waals surface area (Å²) in [4.78, 5) is 14.7. The van der Waals surface area contributed by atoms with E-state index >= 15 is 0 Å². The minimum atomic E-state index is 0.262. The van der Waals surface area contributed by atoms with Crippen LogP contribution >= 0.6 is 0 Å². The summed E-state index contributed by atoms with van der Waals surface area (Å²) in [5.74, 6) is 1.92. The van der Waals surface area contributed by atoms with Gasteiger partial charge in [0.2, 0.25) is 0 Å². The molecule has 194 valence electrons. The molecule has 2 saturated heterocycles. The Labute approximate surface area is 216 Å². The maximum absolute atomic E-state index is 6.19. The Morgan fingerprint density at radius 3 is 2.33 bits per heavy atom. The standard InChI is InChI=1S/C29H41N5O2/c1-4-32-13-15-34(16-14-32)26-8-5-24(6-9-26)25-7-10-27-28(21-25)36-22-29(31(27)3)30-23(2)11-12-33-17-19-35-20-18-33/h5-10,21,23H,4,11-20,22H2,1-3H3. The summed E-state index contributed by atoms with van der Waals surface area (Å²) in [5, 5.41) is 0. The number of ether oxygens (including phenoxy) is 2. The van der Waals surface area contributed by atoms with E-state index in [-0.39, 0.29) is 6.04 Å². The lowest BCUT2D eigenvalue weighted by atomic mass is 10.0. The van der Waals surface area contributed by atoms with E-state index in [9.17, 15) is 0 Å². The Bertz CT molecular complexity index is 1030. The highest BCUT2D eigenvalue weighted by atomic mass is 16.5. The van der Waals surface area contributed by atoms with Gasteiger partial charge in [0.25, 0.3) is 0 Å². The van der Waals surface area contributed by atoms with Gasteiger partial charge in [-0.25, -0.2) is 0 Å². The van der Waals surface area contributed by atoms with E-state index in [1.54, 1.807) is 0 Å². The fourth-order valence-electron chi connectivity index (χ4n) is 5.29. The highest BCUT2D eigenvalue weighted by Crippen LogP contribution is 2.36. The molecule has 7 heteroatoms. The topological polar surface area (TPSA) is 43.8 Å². The SMILES string of the molecule is CCN1CCN(c2ccc(-c3ccc4c(c3)OCC(=NC(C)CCN3CCOCC3)N4C)cc2)CC1. The minimum Gasteiger partial charge on any atom is -0.483 e. The minimum absolute atomic E-state index is 0.262. The summed E-state index contributed by atoms with van der Waals surface area (Å²) in [6.07, 6.45) is 1.05. The quantitative estimate of drug-likeness (QED) is 0.587. The van der Waals surface area contributed by atoms with Crippen molar-refractivity contribution in [3.05, 3.63) is 42.5 Å². The molecule has 1 unspecified atom stereocenters. The summed E-state index contributed by atoms with van der Waals surface area (Å²) < 4.78 is 11.6. The molecule has 0 aromatic heterocycles. The fourth-order valence-corrected chi connectivity index (χ4v) is 5.29. The van der Waals surface area contributed by atoms with Crippen LogP contribution in [0, 0.1) is 0 Å². The number of morpholine rings is 1. The van der Waals surface area contributed by atoms with Crippen LogP contribution in [0.2, 0.25) is 0 Å². The smallest absolute Gasteiger partial charge is 0.146 e. The third-order valence-electron chi connectivity index (χ3n) is 7.79. The average molecular weight is 492 g/mol. The predicted octanol–water partition coefficient (Wildman–Crippen LogP) is 3.83. The zero-order chi connectivity index (χ0) is 24.9. The summed E-state index contributed by atoms with van der Waals surface area (Å²) in [5.41, 5.74) is 4.79. The first-order chi connectivity index (χ1) is 17.6.